The van der Waals surface area contributed by atoms with Gasteiger partial charge in [-0.2, -0.15) is 0 Å². The highest BCUT2D eigenvalue weighted by Crippen LogP contribution is 2.41. The summed E-state index contributed by atoms with van der Waals surface area (Å²) in [5, 5.41) is 0. The van der Waals surface area contributed by atoms with Crippen LogP contribution in [0.5, 0.6) is 0 Å². The predicted octanol–water partition coefficient (Wildman–Crippen LogP) is 2.61. The minimum Gasteiger partial charge on any atom is -0.384 e. The maximum absolute atomic E-state index is 12.0. The van der Waals surface area contributed by atoms with E-state index in [1.54, 1.807) is 7.11 Å². The van der Waals surface area contributed by atoms with Crippen molar-refractivity contribution in [3.05, 3.63) is 12.7 Å². The number of nitrogens with zero attached hydrogens (tertiary/aromatic N) is 1. The average Bonchev–Trinajstić information content (AvgIpc) is 2.13. The van der Waals surface area contributed by atoms with Crippen molar-refractivity contribution >= 4 is 5.91 Å². The van der Waals surface area contributed by atoms with Gasteiger partial charge in [0.1, 0.15) is 0 Å². The molecule has 1 fully saturated rings. The number of rotatable bonds is 3. The molecule has 1 rings (SSSR count). The van der Waals surface area contributed by atoms with E-state index in [0.717, 1.165) is 19.4 Å². The van der Waals surface area contributed by atoms with Gasteiger partial charge in [0, 0.05) is 24.8 Å². The smallest absolute Gasteiger partial charge is 0.246 e. The highest BCUT2D eigenvalue weighted by atomic mass is 16.5. The molecule has 98 valence electrons. The molecule has 17 heavy (non-hydrogen) atoms. The highest BCUT2D eigenvalue weighted by Gasteiger charge is 2.46. The Morgan fingerprint density at radius 1 is 1.35 bits per heavy atom. The molecule has 0 bridgehead atoms. The minimum absolute atomic E-state index is 0.0240. The first-order chi connectivity index (χ1) is 7.74. The van der Waals surface area contributed by atoms with E-state index < -0.39 is 0 Å². The zero-order valence-corrected chi connectivity index (χ0v) is 11.7. The van der Waals surface area contributed by atoms with Gasteiger partial charge in [0.2, 0.25) is 5.91 Å². The second kappa shape index (κ2) is 4.81. The lowest BCUT2D eigenvalue weighted by Gasteiger charge is -2.55. The molecule has 1 aliphatic heterocycles. The van der Waals surface area contributed by atoms with Crippen LogP contribution in [0.3, 0.4) is 0 Å². The second-order valence-electron chi connectivity index (χ2n) is 6.23. The first-order valence-electron chi connectivity index (χ1n) is 6.20. The zero-order chi connectivity index (χ0) is 13.3. The van der Waals surface area contributed by atoms with E-state index in [1.807, 2.05) is 4.90 Å². The molecule has 0 aliphatic carbocycles. The number of hydrogen-bond donors (Lipinski definition) is 0. The van der Waals surface area contributed by atoms with E-state index in [0.29, 0.717) is 5.92 Å². The molecule has 1 amide bonds. The summed E-state index contributed by atoms with van der Waals surface area (Å²) in [6.45, 7) is 12.9. The summed E-state index contributed by atoms with van der Waals surface area (Å²) >= 11 is 0. The SMILES string of the molecule is C=CC(=O)N1C(C)(C)CC(COC)CC1(C)C. The first kappa shape index (κ1) is 14.2. The molecule has 0 aromatic heterocycles. The Morgan fingerprint density at radius 3 is 2.18 bits per heavy atom. The van der Waals surface area contributed by atoms with E-state index in [9.17, 15) is 4.79 Å². The highest BCUT2D eigenvalue weighted by molar-refractivity contribution is 5.88. The number of carbonyl (C=O) groups excluding carboxylic acids is 1. The first-order valence-corrected chi connectivity index (χ1v) is 6.20. The molecule has 0 spiro atoms. The number of likely N-dealkylation sites (tertiary alicyclic amines) is 1. The van der Waals surface area contributed by atoms with Gasteiger partial charge >= 0.3 is 0 Å². The van der Waals surface area contributed by atoms with Gasteiger partial charge in [0.25, 0.3) is 0 Å². The van der Waals surface area contributed by atoms with Crippen LogP contribution in [-0.4, -0.2) is 35.6 Å². The topological polar surface area (TPSA) is 29.5 Å². The second-order valence-corrected chi connectivity index (χ2v) is 6.23. The van der Waals surface area contributed by atoms with Crippen LogP contribution in [0.15, 0.2) is 12.7 Å². The predicted molar refractivity (Wildman–Crippen MR) is 69.8 cm³/mol. The third kappa shape index (κ3) is 2.89. The molecule has 0 radical (unpaired) electrons. The van der Waals surface area contributed by atoms with Crippen molar-refractivity contribution in [1.82, 2.24) is 4.90 Å². The van der Waals surface area contributed by atoms with Crippen LogP contribution in [-0.2, 0) is 9.53 Å². The van der Waals surface area contributed by atoms with Crippen molar-refractivity contribution in [2.45, 2.75) is 51.6 Å². The molecule has 0 aromatic rings. The molecular weight excluding hydrogens is 214 g/mol. The van der Waals surface area contributed by atoms with Gasteiger partial charge in [0.15, 0.2) is 0 Å². The monoisotopic (exact) mass is 239 g/mol. The van der Waals surface area contributed by atoms with Gasteiger partial charge in [-0.1, -0.05) is 6.58 Å². The zero-order valence-electron chi connectivity index (χ0n) is 11.7. The summed E-state index contributed by atoms with van der Waals surface area (Å²) in [5.74, 6) is 0.537. The number of hydrogen-bond acceptors (Lipinski definition) is 2. The van der Waals surface area contributed by atoms with Crippen LogP contribution in [0.4, 0.5) is 0 Å². The molecule has 1 heterocycles. The van der Waals surface area contributed by atoms with Crippen molar-refractivity contribution in [2.75, 3.05) is 13.7 Å². The maximum atomic E-state index is 12.0. The number of carbonyl (C=O) groups is 1. The quantitative estimate of drug-likeness (QED) is 0.709. The summed E-state index contributed by atoms with van der Waals surface area (Å²) in [7, 11) is 1.74. The molecule has 3 heteroatoms. The number of amides is 1. The van der Waals surface area contributed by atoms with Crippen LogP contribution in [0.25, 0.3) is 0 Å². The third-order valence-electron chi connectivity index (χ3n) is 3.58. The Bertz CT molecular complexity index is 289. The lowest BCUT2D eigenvalue weighted by Crippen LogP contribution is -2.62. The van der Waals surface area contributed by atoms with E-state index in [-0.39, 0.29) is 17.0 Å². The van der Waals surface area contributed by atoms with Crippen LogP contribution in [0.1, 0.15) is 40.5 Å². The largest absolute Gasteiger partial charge is 0.384 e. The maximum Gasteiger partial charge on any atom is 0.246 e. The molecular formula is C14H25NO2. The molecule has 0 N–H and O–H groups in total. The summed E-state index contributed by atoms with van der Waals surface area (Å²) in [6, 6.07) is 0. The molecule has 3 nitrogen and oxygen atoms in total. The Labute approximate surface area is 105 Å². The van der Waals surface area contributed by atoms with Gasteiger partial charge in [-0.15, -0.1) is 0 Å². The standard InChI is InChI=1S/C14H25NO2/c1-7-12(16)15-13(2,3)8-11(10-17-6)9-14(15,4)5/h7,11H,1,8-10H2,2-6H3. The van der Waals surface area contributed by atoms with Crippen molar-refractivity contribution in [3.63, 3.8) is 0 Å². The van der Waals surface area contributed by atoms with E-state index in [4.69, 9.17) is 4.74 Å². The van der Waals surface area contributed by atoms with Gasteiger partial charge in [-0.25, -0.2) is 0 Å². The van der Waals surface area contributed by atoms with Gasteiger partial charge in [-0.3, -0.25) is 4.79 Å². The number of methoxy groups -OCH3 is 1. The molecule has 0 unspecified atom stereocenters. The Balaban J connectivity index is 2.99. The normalized spacial score (nSPS) is 23.5. The van der Waals surface area contributed by atoms with E-state index >= 15 is 0 Å². The Hall–Kier alpha value is -0.830. The van der Waals surface area contributed by atoms with Crippen LogP contribution >= 0.6 is 0 Å². The van der Waals surface area contributed by atoms with Crippen LogP contribution < -0.4 is 0 Å². The fourth-order valence-electron chi connectivity index (χ4n) is 3.53. The fourth-order valence-corrected chi connectivity index (χ4v) is 3.53. The van der Waals surface area contributed by atoms with Crippen LogP contribution in [0.2, 0.25) is 0 Å². The Morgan fingerprint density at radius 2 is 1.82 bits per heavy atom. The van der Waals surface area contributed by atoms with Crippen molar-refractivity contribution in [3.8, 4) is 0 Å². The van der Waals surface area contributed by atoms with Gasteiger partial charge in [0.05, 0.1) is 0 Å². The minimum atomic E-state index is -0.143. The van der Waals surface area contributed by atoms with E-state index in [1.165, 1.54) is 6.08 Å². The third-order valence-corrected chi connectivity index (χ3v) is 3.58. The van der Waals surface area contributed by atoms with Crippen molar-refractivity contribution in [2.24, 2.45) is 5.92 Å². The summed E-state index contributed by atoms with van der Waals surface area (Å²) in [4.78, 5) is 14.0. The lowest BCUT2D eigenvalue weighted by molar-refractivity contribution is -0.147. The molecule has 1 aliphatic rings. The van der Waals surface area contributed by atoms with Crippen LogP contribution in [0, 0.1) is 5.92 Å². The number of ether oxygens (including phenoxy) is 1. The number of piperidine rings is 1. The molecule has 0 saturated carbocycles. The Kier molecular flexibility index (Phi) is 4.03. The molecule has 1 saturated heterocycles. The summed E-state index contributed by atoms with van der Waals surface area (Å²) in [6.07, 6.45) is 3.37. The van der Waals surface area contributed by atoms with E-state index in [2.05, 4.69) is 34.3 Å². The fraction of sp³-hybridized carbons (Fsp3) is 0.786. The van der Waals surface area contributed by atoms with Gasteiger partial charge < -0.3 is 9.64 Å². The summed E-state index contributed by atoms with van der Waals surface area (Å²) in [5.41, 5.74) is -0.285. The average molecular weight is 239 g/mol. The summed E-state index contributed by atoms with van der Waals surface area (Å²) < 4.78 is 5.27. The molecule has 0 atom stereocenters. The van der Waals surface area contributed by atoms with Gasteiger partial charge in [-0.05, 0) is 52.5 Å². The van der Waals surface area contributed by atoms with Crippen molar-refractivity contribution in [1.29, 1.82) is 0 Å². The molecule has 0 aromatic carbocycles. The van der Waals surface area contributed by atoms with Crippen molar-refractivity contribution < 1.29 is 9.53 Å². The lowest BCUT2D eigenvalue weighted by atomic mass is 9.74.